The lowest BCUT2D eigenvalue weighted by molar-refractivity contribution is 0.598. The molecule has 0 saturated carbocycles. The molecule has 0 saturated heterocycles. The summed E-state index contributed by atoms with van der Waals surface area (Å²) >= 11 is 1.63. The van der Waals surface area contributed by atoms with Crippen molar-refractivity contribution in [3.05, 3.63) is 52.2 Å². The average Bonchev–Trinajstić information content (AvgIpc) is 2.78. The monoisotopic (exact) mass is 265 g/mol. The van der Waals surface area contributed by atoms with Gasteiger partial charge in [0.2, 0.25) is 10.0 Å². The van der Waals surface area contributed by atoms with E-state index in [2.05, 4.69) is 0 Å². The molecule has 0 fully saturated rings. The molecule has 0 amide bonds. The fraction of sp³-hybridized carbons (Fsp3) is 0. The first-order chi connectivity index (χ1) is 8.05. The lowest BCUT2D eigenvalue weighted by atomic mass is 10.2. The Bertz CT molecular complexity index is 611. The van der Waals surface area contributed by atoms with Gasteiger partial charge >= 0.3 is 0 Å². The van der Waals surface area contributed by atoms with E-state index >= 15 is 0 Å². The lowest BCUT2D eigenvalue weighted by Gasteiger charge is -1.98. The van der Waals surface area contributed by atoms with Crippen LogP contribution in [0.2, 0.25) is 0 Å². The van der Waals surface area contributed by atoms with E-state index in [-0.39, 0.29) is 4.90 Å². The summed E-state index contributed by atoms with van der Waals surface area (Å²) in [6.07, 6.45) is 3.90. The van der Waals surface area contributed by atoms with Gasteiger partial charge < -0.3 is 0 Å². The first-order valence-electron chi connectivity index (χ1n) is 4.89. The van der Waals surface area contributed by atoms with Crippen LogP contribution in [-0.2, 0) is 10.0 Å². The molecule has 2 aromatic rings. The molecule has 0 unspecified atom stereocenters. The Morgan fingerprint density at radius 2 is 1.65 bits per heavy atom. The average molecular weight is 265 g/mol. The maximum Gasteiger partial charge on any atom is 0.238 e. The molecule has 1 aromatic heterocycles. The van der Waals surface area contributed by atoms with Crippen molar-refractivity contribution in [1.29, 1.82) is 0 Å². The summed E-state index contributed by atoms with van der Waals surface area (Å²) in [5.41, 5.74) is 2.06. The molecule has 17 heavy (non-hydrogen) atoms. The number of hydrogen-bond donors (Lipinski definition) is 1. The molecule has 88 valence electrons. The van der Waals surface area contributed by atoms with Gasteiger partial charge in [-0.05, 0) is 40.1 Å². The Morgan fingerprint density at radius 3 is 2.18 bits per heavy atom. The van der Waals surface area contributed by atoms with Crippen molar-refractivity contribution < 1.29 is 8.42 Å². The molecule has 0 aliphatic heterocycles. The Hall–Kier alpha value is -1.43. The van der Waals surface area contributed by atoms with Crippen LogP contribution in [0.15, 0.2) is 46.0 Å². The van der Waals surface area contributed by atoms with Crippen LogP contribution in [0.4, 0.5) is 0 Å². The molecular formula is C12H11NO2S2. The predicted octanol–water partition coefficient (Wildman–Crippen LogP) is 2.57. The standard InChI is InChI=1S/C12H11NO2S2/c13-17(14,15)12-5-3-10(4-6-12)1-2-11-7-8-16-9-11/h1-9H,(H2,13,14,15)/b2-1+. The summed E-state index contributed by atoms with van der Waals surface area (Å²) in [6.45, 7) is 0. The number of nitrogens with two attached hydrogens (primary N) is 1. The van der Waals surface area contributed by atoms with Crippen LogP contribution < -0.4 is 5.14 Å². The van der Waals surface area contributed by atoms with Crippen molar-refractivity contribution in [2.45, 2.75) is 4.90 Å². The molecule has 1 aromatic carbocycles. The van der Waals surface area contributed by atoms with Crippen molar-refractivity contribution in [3.8, 4) is 0 Å². The van der Waals surface area contributed by atoms with E-state index < -0.39 is 10.0 Å². The minimum atomic E-state index is -3.60. The minimum Gasteiger partial charge on any atom is -0.225 e. The van der Waals surface area contributed by atoms with Crippen molar-refractivity contribution in [2.24, 2.45) is 5.14 Å². The molecule has 5 heteroatoms. The Morgan fingerprint density at radius 1 is 1.00 bits per heavy atom. The molecule has 0 spiro atoms. The van der Waals surface area contributed by atoms with E-state index in [0.29, 0.717) is 0 Å². The van der Waals surface area contributed by atoms with Crippen LogP contribution >= 0.6 is 11.3 Å². The summed E-state index contributed by atoms with van der Waals surface area (Å²) in [7, 11) is -3.60. The fourth-order valence-corrected chi connectivity index (χ4v) is 2.47. The summed E-state index contributed by atoms with van der Waals surface area (Å²) in [6, 6.07) is 8.47. The van der Waals surface area contributed by atoms with Crippen molar-refractivity contribution >= 4 is 33.5 Å². The SMILES string of the molecule is NS(=O)(=O)c1ccc(/C=C/c2ccsc2)cc1. The molecule has 2 N–H and O–H groups in total. The number of primary sulfonamides is 1. The number of thiophene rings is 1. The van der Waals surface area contributed by atoms with E-state index in [1.54, 1.807) is 23.5 Å². The van der Waals surface area contributed by atoms with Crippen LogP contribution in [-0.4, -0.2) is 8.42 Å². The number of rotatable bonds is 3. The highest BCUT2D eigenvalue weighted by Crippen LogP contribution is 2.13. The maximum absolute atomic E-state index is 11.0. The van der Waals surface area contributed by atoms with Crippen molar-refractivity contribution in [2.75, 3.05) is 0 Å². The highest BCUT2D eigenvalue weighted by atomic mass is 32.2. The number of benzene rings is 1. The third-order valence-electron chi connectivity index (χ3n) is 2.22. The van der Waals surface area contributed by atoms with Crippen molar-refractivity contribution in [1.82, 2.24) is 0 Å². The topological polar surface area (TPSA) is 60.2 Å². The first kappa shape index (κ1) is 12.0. The van der Waals surface area contributed by atoms with Crippen molar-refractivity contribution in [3.63, 3.8) is 0 Å². The molecule has 0 radical (unpaired) electrons. The number of sulfonamides is 1. The second kappa shape index (κ2) is 4.83. The van der Waals surface area contributed by atoms with E-state index in [0.717, 1.165) is 11.1 Å². The van der Waals surface area contributed by atoms with Gasteiger partial charge in [0.05, 0.1) is 4.90 Å². The van der Waals surface area contributed by atoms with Crippen LogP contribution in [0.25, 0.3) is 12.2 Å². The number of hydrogen-bond acceptors (Lipinski definition) is 3. The molecule has 0 atom stereocenters. The summed E-state index contributed by atoms with van der Waals surface area (Å²) in [5, 5.41) is 9.05. The first-order valence-corrected chi connectivity index (χ1v) is 7.38. The van der Waals surface area contributed by atoms with Crippen LogP contribution in [0.3, 0.4) is 0 Å². The molecule has 0 aliphatic rings. The molecule has 0 bridgehead atoms. The van der Waals surface area contributed by atoms with E-state index in [4.69, 9.17) is 5.14 Å². The largest absolute Gasteiger partial charge is 0.238 e. The molecular weight excluding hydrogens is 254 g/mol. The van der Waals surface area contributed by atoms with Gasteiger partial charge in [-0.25, -0.2) is 13.6 Å². The van der Waals surface area contributed by atoms with Gasteiger partial charge in [-0.3, -0.25) is 0 Å². The van der Waals surface area contributed by atoms with Gasteiger partial charge in [0.1, 0.15) is 0 Å². The normalized spacial score (nSPS) is 12.1. The van der Waals surface area contributed by atoms with Crippen LogP contribution in [0, 0.1) is 0 Å². The maximum atomic E-state index is 11.0. The van der Waals surface area contributed by atoms with Gasteiger partial charge in [0.15, 0.2) is 0 Å². The van der Waals surface area contributed by atoms with E-state index in [9.17, 15) is 8.42 Å². The quantitative estimate of drug-likeness (QED) is 0.927. The third kappa shape index (κ3) is 3.26. The van der Waals surface area contributed by atoms with Gasteiger partial charge in [-0.2, -0.15) is 11.3 Å². The van der Waals surface area contributed by atoms with Gasteiger partial charge in [-0.15, -0.1) is 0 Å². The molecule has 2 rings (SSSR count). The second-order valence-electron chi connectivity index (χ2n) is 3.50. The van der Waals surface area contributed by atoms with Crippen LogP contribution in [0.5, 0.6) is 0 Å². The summed E-state index contributed by atoms with van der Waals surface area (Å²) in [5.74, 6) is 0. The predicted molar refractivity (Wildman–Crippen MR) is 71.1 cm³/mol. The van der Waals surface area contributed by atoms with Gasteiger partial charge in [0, 0.05) is 0 Å². The molecule has 1 heterocycles. The fourth-order valence-electron chi connectivity index (χ4n) is 1.33. The lowest BCUT2D eigenvalue weighted by Crippen LogP contribution is -2.11. The Kier molecular flexibility index (Phi) is 3.42. The van der Waals surface area contributed by atoms with E-state index in [1.165, 1.54) is 12.1 Å². The molecule has 3 nitrogen and oxygen atoms in total. The second-order valence-corrected chi connectivity index (χ2v) is 5.85. The summed E-state index contributed by atoms with van der Waals surface area (Å²) in [4.78, 5) is 0.130. The van der Waals surface area contributed by atoms with Crippen LogP contribution in [0.1, 0.15) is 11.1 Å². The summed E-state index contributed by atoms with van der Waals surface area (Å²) < 4.78 is 22.1. The van der Waals surface area contributed by atoms with Gasteiger partial charge in [-0.1, -0.05) is 24.3 Å². The Balaban J connectivity index is 2.19. The zero-order valence-electron chi connectivity index (χ0n) is 8.91. The highest BCUT2D eigenvalue weighted by Gasteiger charge is 2.05. The Labute approximate surface area is 104 Å². The zero-order valence-corrected chi connectivity index (χ0v) is 10.5. The smallest absolute Gasteiger partial charge is 0.225 e. The highest BCUT2D eigenvalue weighted by molar-refractivity contribution is 7.89. The van der Waals surface area contributed by atoms with E-state index in [1.807, 2.05) is 29.0 Å². The zero-order chi connectivity index (χ0) is 12.3. The minimum absolute atomic E-state index is 0.130. The third-order valence-corrected chi connectivity index (χ3v) is 3.85. The van der Waals surface area contributed by atoms with Gasteiger partial charge in [0.25, 0.3) is 0 Å². The molecule has 0 aliphatic carbocycles.